The second-order valence-electron chi connectivity index (χ2n) is 5.86. The van der Waals surface area contributed by atoms with Gasteiger partial charge in [0.05, 0.1) is 18.1 Å². The molecule has 0 fully saturated rings. The summed E-state index contributed by atoms with van der Waals surface area (Å²) in [5.41, 5.74) is 1.67. The van der Waals surface area contributed by atoms with Crippen LogP contribution in [-0.2, 0) is 11.2 Å². The molecule has 2 aromatic heterocycles. The zero-order chi connectivity index (χ0) is 17.2. The average molecular weight is 335 g/mol. The van der Waals surface area contributed by atoms with E-state index in [1.54, 1.807) is 29.4 Å². The van der Waals surface area contributed by atoms with Crippen LogP contribution in [0.25, 0.3) is 5.95 Å². The number of amides is 1. The molecule has 25 heavy (non-hydrogen) atoms. The number of hydrogen-bond acceptors (Lipinski definition) is 5. The van der Waals surface area contributed by atoms with Crippen molar-refractivity contribution in [3.05, 3.63) is 60.4 Å². The lowest BCUT2D eigenvalue weighted by Gasteiger charge is -2.25. The molecule has 3 aromatic rings. The number of benzene rings is 1. The van der Waals surface area contributed by atoms with Crippen molar-refractivity contribution in [1.82, 2.24) is 19.5 Å². The number of para-hydroxylation sites is 1. The molecule has 126 valence electrons. The summed E-state index contributed by atoms with van der Waals surface area (Å²) in [5.74, 6) is 1.89. The predicted molar refractivity (Wildman–Crippen MR) is 91.7 cm³/mol. The summed E-state index contributed by atoms with van der Waals surface area (Å²) in [7, 11) is 0. The van der Waals surface area contributed by atoms with Gasteiger partial charge in [-0.3, -0.25) is 9.36 Å². The Hall–Kier alpha value is -3.22. The number of nitrogens with one attached hydrogen (secondary N) is 1. The molecule has 1 atom stereocenters. The minimum absolute atomic E-state index is 0.190. The van der Waals surface area contributed by atoms with Crippen LogP contribution >= 0.6 is 0 Å². The van der Waals surface area contributed by atoms with E-state index in [-0.39, 0.29) is 5.91 Å². The number of aromatic nitrogens is 4. The van der Waals surface area contributed by atoms with E-state index >= 15 is 0 Å². The Labute approximate surface area is 144 Å². The molecule has 4 rings (SSSR count). The Bertz CT molecular complexity index is 904. The Balaban J connectivity index is 1.44. The highest BCUT2D eigenvalue weighted by molar-refractivity contribution is 5.94. The average Bonchev–Trinajstić information content (AvgIpc) is 3.08. The highest BCUT2D eigenvalue weighted by Gasteiger charge is 2.26. The van der Waals surface area contributed by atoms with Gasteiger partial charge in [-0.2, -0.15) is 0 Å². The van der Waals surface area contributed by atoms with E-state index in [4.69, 9.17) is 4.74 Å². The molecule has 1 aliphatic rings. The van der Waals surface area contributed by atoms with Gasteiger partial charge in [0.25, 0.3) is 5.91 Å². The van der Waals surface area contributed by atoms with Crippen molar-refractivity contribution in [3.8, 4) is 11.7 Å². The molecule has 0 radical (unpaired) electrons. The highest BCUT2D eigenvalue weighted by Crippen LogP contribution is 2.27. The minimum atomic E-state index is -0.509. The standard InChI is InChI=1S/C18H17N5O2/c1-12-19-8-9-23(12)18-20-10-14(11-21-18)22-17(24)16-7-6-13-4-2-3-5-15(13)25-16/h2-5,8-11,16H,6-7H2,1H3,(H,22,24). The maximum absolute atomic E-state index is 12.4. The van der Waals surface area contributed by atoms with Gasteiger partial charge >= 0.3 is 0 Å². The topological polar surface area (TPSA) is 81.9 Å². The van der Waals surface area contributed by atoms with Crippen LogP contribution < -0.4 is 10.1 Å². The van der Waals surface area contributed by atoms with Crippen LogP contribution in [0.4, 0.5) is 5.69 Å². The Morgan fingerprint density at radius 2 is 2.04 bits per heavy atom. The third kappa shape index (κ3) is 3.08. The Morgan fingerprint density at radius 3 is 2.80 bits per heavy atom. The van der Waals surface area contributed by atoms with Gasteiger partial charge in [-0.15, -0.1) is 0 Å². The lowest BCUT2D eigenvalue weighted by Crippen LogP contribution is -2.35. The number of nitrogens with zero attached hydrogens (tertiary/aromatic N) is 4. The van der Waals surface area contributed by atoms with Crippen molar-refractivity contribution in [2.24, 2.45) is 0 Å². The van der Waals surface area contributed by atoms with Gasteiger partial charge in [0.15, 0.2) is 6.10 Å². The summed E-state index contributed by atoms with van der Waals surface area (Å²) in [6, 6.07) is 7.79. The molecular weight excluding hydrogens is 318 g/mol. The van der Waals surface area contributed by atoms with E-state index in [0.717, 1.165) is 23.6 Å². The van der Waals surface area contributed by atoms with E-state index < -0.39 is 6.10 Å². The second-order valence-corrected chi connectivity index (χ2v) is 5.86. The van der Waals surface area contributed by atoms with Crippen molar-refractivity contribution < 1.29 is 9.53 Å². The maximum Gasteiger partial charge on any atom is 0.265 e. The van der Waals surface area contributed by atoms with Crippen LogP contribution in [0, 0.1) is 6.92 Å². The van der Waals surface area contributed by atoms with Gasteiger partial charge in [0.1, 0.15) is 11.6 Å². The SMILES string of the molecule is Cc1nccn1-c1ncc(NC(=O)C2CCc3ccccc3O2)cn1. The van der Waals surface area contributed by atoms with Gasteiger partial charge in [-0.1, -0.05) is 18.2 Å². The first-order chi connectivity index (χ1) is 12.2. The van der Waals surface area contributed by atoms with Gasteiger partial charge in [-0.05, 0) is 31.4 Å². The minimum Gasteiger partial charge on any atom is -0.480 e. The molecule has 0 saturated heterocycles. The van der Waals surface area contributed by atoms with Crippen LogP contribution in [0.2, 0.25) is 0 Å². The van der Waals surface area contributed by atoms with Crippen molar-refractivity contribution in [2.45, 2.75) is 25.9 Å². The molecule has 1 unspecified atom stereocenters. The molecular formula is C18H17N5O2. The fourth-order valence-electron chi connectivity index (χ4n) is 2.83. The first kappa shape index (κ1) is 15.3. The predicted octanol–water partition coefficient (Wildman–Crippen LogP) is 2.30. The summed E-state index contributed by atoms with van der Waals surface area (Å²) in [5, 5.41) is 2.82. The number of carbonyl (C=O) groups excluding carboxylic acids is 1. The zero-order valence-corrected chi connectivity index (χ0v) is 13.7. The van der Waals surface area contributed by atoms with E-state index in [1.165, 1.54) is 0 Å². The molecule has 7 heteroatoms. The normalized spacial score (nSPS) is 16.0. The van der Waals surface area contributed by atoms with Gasteiger partial charge in [-0.25, -0.2) is 15.0 Å². The van der Waals surface area contributed by atoms with Crippen molar-refractivity contribution in [3.63, 3.8) is 0 Å². The summed E-state index contributed by atoms with van der Waals surface area (Å²) in [4.78, 5) is 25.1. The Kier molecular flexibility index (Phi) is 3.89. The van der Waals surface area contributed by atoms with E-state index in [2.05, 4.69) is 20.3 Å². The van der Waals surface area contributed by atoms with Gasteiger partial charge in [0.2, 0.25) is 5.95 Å². The van der Waals surface area contributed by atoms with E-state index in [9.17, 15) is 4.79 Å². The quantitative estimate of drug-likeness (QED) is 0.794. The Morgan fingerprint density at radius 1 is 1.24 bits per heavy atom. The molecule has 0 bridgehead atoms. The molecule has 1 aliphatic heterocycles. The van der Waals surface area contributed by atoms with Crippen LogP contribution in [0.3, 0.4) is 0 Å². The highest BCUT2D eigenvalue weighted by atomic mass is 16.5. The lowest BCUT2D eigenvalue weighted by atomic mass is 10.0. The fraction of sp³-hybridized carbons (Fsp3) is 0.222. The monoisotopic (exact) mass is 335 g/mol. The molecule has 1 amide bonds. The fourth-order valence-corrected chi connectivity index (χ4v) is 2.83. The largest absolute Gasteiger partial charge is 0.480 e. The molecule has 1 aromatic carbocycles. The number of hydrogen-bond donors (Lipinski definition) is 1. The first-order valence-corrected chi connectivity index (χ1v) is 8.08. The smallest absolute Gasteiger partial charge is 0.265 e. The number of aryl methyl sites for hydroxylation is 2. The van der Waals surface area contributed by atoms with Crippen LogP contribution in [0.1, 0.15) is 17.8 Å². The number of rotatable bonds is 3. The first-order valence-electron chi connectivity index (χ1n) is 8.08. The van der Waals surface area contributed by atoms with Crippen molar-refractivity contribution in [2.75, 3.05) is 5.32 Å². The number of carbonyl (C=O) groups is 1. The number of imidazole rings is 1. The van der Waals surface area contributed by atoms with Crippen LogP contribution in [-0.4, -0.2) is 31.5 Å². The maximum atomic E-state index is 12.4. The lowest BCUT2D eigenvalue weighted by molar-refractivity contribution is -0.123. The number of ether oxygens (including phenoxy) is 1. The molecule has 0 saturated carbocycles. The van der Waals surface area contributed by atoms with E-state index in [0.29, 0.717) is 18.1 Å². The molecule has 7 nitrogen and oxygen atoms in total. The van der Waals surface area contributed by atoms with E-state index in [1.807, 2.05) is 31.2 Å². The van der Waals surface area contributed by atoms with Crippen LogP contribution in [0.5, 0.6) is 5.75 Å². The summed E-state index contributed by atoms with van der Waals surface area (Å²) < 4.78 is 7.57. The summed E-state index contributed by atoms with van der Waals surface area (Å²) in [6.45, 7) is 1.87. The third-order valence-electron chi connectivity index (χ3n) is 4.16. The molecule has 1 N–H and O–H groups in total. The molecule has 3 heterocycles. The van der Waals surface area contributed by atoms with Crippen molar-refractivity contribution in [1.29, 1.82) is 0 Å². The van der Waals surface area contributed by atoms with Crippen LogP contribution in [0.15, 0.2) is 49.1 Å². The summed E-state index contributed by atoms with van der Waals surface area (Å²) in [6.07, 6.45) is 7.60. The van der Waals surface area contributed by atoms with Gasteiger partial charge < -0.3 is 10.1 Å². The van der Waals surface area contributed by atoms with Gasteiger partial charge in [0, 0.05) is 12.4 Å². The number of anilines is 1. The van der Waals surface area contributed by atoms with Crippen molar-refractivity contribution >= 4 is 11.6 Å². The second kappa shape index (κ2) is 6.35. The molecule has 0 aliphatic carbocycles. The third-order valence-corrected chi connectivity index (χ3v) is 4.16. The summed E-state index contributed by atoms with van der Waals surface area (Å²) >= 11 is 0. The number of fused-ring (bicyclic) bond motifs is 1. The zero-order valence-electron chi connectivity index (χ0n) is 13.7. The molecule has 0 spiro atoms.